The number of hydrogen-bond donors (Lipinski definition) is 0. The van der Waals surface area contributed by atoms with Gasteiger partial charge in [0, 0.05) is 43.5 Å². The number of carbonyl (C=O) groups is 1. The van der Waals surface area contributed by atoms with Crippen molar-refractivity contribution in [2.75, 3.05) is 0 Å². The molecular formula is C17H17ClN6O. The van der Waals surface area contributed by atoms with E-state index in [-0.39, 0.29) is 18.0 Å². The largest absolute Gasteiger partial charge is 0.327 e. The molecule has 0 spiro atoms. The third-order valence-corrected chi connectivity index (χ3v) is 5.53. The molecule has 2 aliphatic heterocycles. The SMILES string of the molecule is Cc1cc2ncc3c(n2n1)C[C@H]1CC[C@H]3N1C(=O)c1nn(C)cc1Cl. The van der Waals surface area contributed by atoms with Gasteiger partial charge in [0.15, 0.2) is 11.3 Å². The maximum atomic E-state index is 13.1. The Balaban J connectivity index is 1.60. The molecule has 5 heterocycles. The van der Waals surface area contributed by atoms with Crippen molar-refractivity contribution in [2.45, 2.75) is 38.3 Å². The molecule has 5 rings (SSSR count). The van der Waals surface area contributed by atoms with Crippen LogP contribution in [0, 0.1) is 6.92 Å². The van der Waals surface area contributed by atoms with Crippen LogP contribution in [0.1, 0.15) is 46.3 Å². The Hall–Kier alpha value is -2.41. The lowest BCUT2D eigenvalue weighted by atomic mass is 9.98. The molecule has 0 radical (unpaired) electrons. The Kier molecular flexibility index (Phi) is 3.01. The summed E-state index contributed by atoms with van der Waals surface area (Å²) in [6.45, 7) is 1.97. The zero-order valence-electron chi connectivity index (χ0n) is 14.0. The lowest BCUT2D eigenvalue weighted by molar-refractivity contribution is 0.0636. The molecule has 1 fully saturated rings. The van der Waals surface area contributed by atoms with E-state index in [4.69, 9.17) is 11.6 Å². The summed E-state index contributed by atoms with van der Waals surface area (Å²) in [4.78, 5) is 19.6. The van der Waals surface area contributed by atoms with E-state index in [9.17, 15) is 4.79 Å². The van der Waals surface area contributed by atoms with E-state index in [0.717, 1.165) is 36.2 Å². The highest BCUT2D eigenvalue weighted by Gasteiger charge is 2.45. The predicted molar refractivity (Wildman–Crippen MR) is 91.6 cm³/mol. The van der Waals surface area contributed by atoms with Crippen LogP contribution < -0.4 is 0 Å². The molecule has 1 saturated heterocycles. The average Bonchev–Trinajstić information content (AvgIpc) is 3.21. The van der Waals surface area contributed by atoms with Crippen LogP contribution in [0.5, 0.6) is 0 Å². The summed E-state index contributed by atoms with van der Waals surface area (Å²) in [6, 6.07) is 2.15. The highest BCUT2D eigenvalue weighted by Crippen LogP contribution is 2.44. The minimum Gasteiger partial charge on any atom is -0.327 e. The second-order valence-corrected chi connectivity index (χ2v) is 7.29. The fourth-order valence-corrected chi connectivity index (χ4v) is 4.50. The quantitative estimate of drug-likeness (QED) is 0.671. The summed E-state index contributed by atoms with van der Waals surface area (Å²) in [5, 5.41) is 9.23. The highest BCUT2D eigenvalue weighted by atomic mass is 35.5. The topological polar surface area (TPSA) is 68.3 Å². The van der Waals surface area contributed by atoms with Gasteiger partial charge in [0.05, 0.1) is 22.5 Å². The van der Waals surface area contributed by atoms with Gasteiger partial charge in [0.1, 0.15) is 0 Å². The zero-order chi connectivity index (χ0) is 17.3. The van der Waals surface area contributed by atoms with E-state index < -0.39 is 0 Å². The Morgan fingerprint density at radius 3 is 2.92 bits per heavy atom. The summed E-state index contributed by atoms with van der Waals surface area (Å²) in [7, 11) is 1.77. The lowest BCUT2D eigenvalue weighted by Gasteiger charge is -2.35. The monoisotopic (exact) mass is 356 g/mol. The molecule has 0 saturated carbocycles. The van der Waals surface area contributed by atoms with Gasteiger partial charge in [-0.05, 0) is 19.8 Å². The van der Waals surface area contributed by atoms with Gasteiger partial charge in [-0.1, -0.05) is 11.6 Å². The van der Waals surface area contributed by atoms with Gasteiger partial charge in [0.2, 0.25) is 0 Å². The van der Waals surface area contributed by atoms with Gasteiger partial charge in [-0.25, -0.2) is 9.50 Å². The van der Waals surface area contributed by atoms with E-state index in [0.29, 0.717) is 10.7 Å². The van der Waals surface area contributed by atoms with Gasteiger partial charge >= 0.3 is 0 Å². The van der Waals surface area contributed by atoms with E-state index >= 15 is 0 Å². The van der Waals surface area contributed by atoms with Crippen molar-refractivity contribution in [3.8, 4) is 0 Å². The number of rotatable bonds is 1. The van der Waals surface area contributed by atoms with Crippen LogP contribution in [-0.2, 0) is 13.5 Å². The van der Waals surface area contributed by atoms with Crippen LogP contribution in [0.15, 0.2) is 18.5 Å². The molecule has 7 nitrogen and oxygen atoms in total. The first-order valence-electron chi connectivity index (χ1n) is 8.39. The Morgan fingerprint density at radius 1 is 1.32 bits per heavy atom. The minimum absolute atomic E-state index is 0.0146. The number of fused-ring (bicyclic) bond motifs is 6. The zero-order valence-corrected chi connectivity index (χ0v) is 14.7. The third-order valence-electron chi connectivity index (χ3n) is 5.25. The van der Waals surface area contributed by atoms with Gasteiger partial charge in [-0.2, -0.15) is 10.2 Å². The fourth-order valence-electron chi connectivity index (χ4n) is 4.24. The molecule has 0 aliphatic carbocycles. The number of carbonyl (C=O) groups excluding carboxylic acids is 1. The molecule has 0 aromatic carbocycles. The molecule has 3 aromatic heterocycles. The number of halogens is 1. The highest BCUT2D eigenvalue weighted by molar-refractivity contribution is 6.33. The molecule has 8 heteroatoms. The Morgan fingerprint density at radius 2 is 2.16 bits per heavy atom. The number of aromatic nitrogens is 5. The second kappa shape index (κ2) is 5.05. The van der Waals surface area contributed by atoms with Crippen molar-refractivity contribution in [2.24, 2.45) is 7.05 Å². The molecule has 128 valence electrons. The van der Waals surface area contributed by atoms with Crippen LogP contribution >= 0.6 is 11.6 Å². The van der Waals surface area contributed by atoms with Crippen LogP contribution in [-0.4, -0.2) is 41.2 Å². The Bertz CT molecular complexity index is 1020. The van der Waals surface area contributed by atoms with E-state index in [1.807, 2.05) is 28.6 Å². The summed E-state index contributed by atoms with van der Waals surface area (Å²) in [5.74, 6) is -0.0968. The van der Waals surface area contributed by atoms with Crippen molar-refractivity contribution < 1.29 is 4.79 Å². The summed E-state index contributed by atoms with van der Waals surface area (Å²) in [5.41, 5.74) is 4.40. The van der Waals surface area contributed by atoms with Crippen molar-refractivity contribution >= 4 is 23.2 Å². The number of nitrogens with zero attached hydrogens (tertiary/aromatic N) is 6. The number of amides is 1. The maximum Gasteiger partial charge on any atom is 0.276 e. The molecule has 0 unspecified atom stereocenters. The minimum atomic E-state index is -0.0968. The molecule has 0 N–H and O–H groups in total. The fraction of sp³-hybridized carbons (Fsp3) is 0.412. The Labute approximate surface area is 149 Å². The van der Waals surface area contributed by atoms with Gasteiger partial charge < -0.3 is 4.90 Å². The van der Waals surface area contributed by atoms with Gasteiger partial charge in [0.25, 0.3) is 5.91 Å². The normalized spacial score (nSPS) is 21.8. The van der Waals surface area contributed by atoms with Gasteiger partial charge in [-0.3, -0.25) is 9.48 Å². The van der Waals surface area contributed by atoms with E-state index in [1.165, 1.54) is 5.69 Å². The van der Waals surface area contributed by atoms with Crippen LogP contribution in [0.3, 0.4) is 0 Å². The van der Waals surface area contributed by atoms with Crippen LogP contribution in [0.4, 0.5) is 0 Å². The van der Waals surface area contributed by atoms with E-state index in [2.05, 4.69) is 15.2 Å². The summed E-state index contributed by atoms with van der Waals surface area (Å²) < 4.78 is 3.51. The first-order chi connectivity index (χ1) is 12.0. The summed E-state index contributed by atoms with van der Waals surface area (Å²) >= 11 is 6.20. The molecule has 2 bridgehead atoms. The number of hydrogen-bond acceptors (Lipinski definition) is 4. The van der Waals surface area contributed by atoms with Gasteiger partial charge in [-0.15, -0.1) is 0 Å². The molecule has 2 atom stereocenters. The maximum absolute atomic E-state index is 13.1. The average molecular weight is 357 g/mol. The lowest BCUT2D eigenvalue weighted by Crippen LogP contribution is -2.43. The molecule has 2 aliphatic rings. The number of aryl methyl sites for hydroxylation is 2. The second-order valence-electron chi connectivity index (χ2n) is 6.88. The molecular weight excluding hydrogens is 340 g/mol. The standard InChI is InChI=1S/C17H17ClN6O/c1-9-5-15-19-7-11-13-4-3-10(6-14(11)24(15)20-9)23(13)17(25)16-12(18)8-22(2)21-16/h5,7-8,10,13H,3-4,6H2,1-2H3/t10-,13-/m1/s1. The van der Waals surface area contributed by atoms with Crippen molar-refractivity contribution in [3.63, 3.8) is 0 Å². The van der Waals surface area contributed by atoms with Crippen molar-refractivity contribution in [3.05, 3.63) is 46.1 Å². The first-order valence-corrected chi connectivity index (χ1v) is 8.76. The van der Waals surface area contributed by atoms with Crippen molar-refractivity contribution in [1.29, 1.82) is 0 Å². The molecule has 25 heavy (non-hydrogen) atoms. The van der Waals surface area contributed by atoms with E-state index in [1.54, 1.807) is 17.9 Å². The third kappa shape index (κ3) is 2.05. The predicted octanol–water partition coefficient (Wildman–Crippen LogP) is 2.33. The molecule has 3 aromatic rings. The smallest absolute Gasteiger partial charge is 0.276 e. The van der Waals surface area contributed by atoms with Crippen LogP contribution in [0.2, 0.25) is 5.02 Å². The van der Waals surface area contributed by atoms with Crippen LogP contribution in [0.25, 0.3) is 5.65 Å². The molecule has 1 amide bonds. The van der Waals surface area contributed by atoms with Crippen molar-refractivity contribution in [1.82, 2.24) is 29.3 Å². The first kappa shape index (κ1) is 14.9. The summed E-state index contributed by atoms with van der Waals surface area (Å²) in [6.07, 6.45) is 6.24.